The Morgan fingerprint density at radius 3 is 2.55 bits per heavy atom. The minimum Gasteiger partial charge on any atom is -0.388 e. The average molecular weight is 303 g/mol. The molecule has 0 atom stereocenters. The fraction of sp³-hybridized carbons (Fsp3) is 0.611. The Hall–Kier alpha value is -1.55. The third-order valence-corrected chi connectivity index (χ3v) is 4.21. The van der Waals surface area contributed by atoms with Crippen LogP contribution in [-0.2, 0) is 6.42 Å². The Morgan fingerprint density at radius 1 is 1.14 bits per heavy atom. The summed E-state index contributed by atoms with van der Waals surface area (Å²) >= 11 is 0. The first kappa shape index (κ1) is 16.8. The number of nitrogens with zero attached hydrogens (tertiary/aromatic N) is 1. The highest BCUT2D eigenvalue weighted by molar-refractivity contribution is 5.79. The molecule has 1 aromatic rings. The summed E-state index contributed by atoms with van der Waals surface area (Å²) in [5.41, 5.74) is 0.719. The van der Waals surface area contributed by atoms with Crippen molar-refractivity contribution in [2.75, 3.05) is 19.6 Å². The number of nitrogens with one attached hydrogen (secondary N) is 2. The summed E-state index contributed by atoms with van der Waals surface area (Å²) in [7, 11) is 0. The second-order valence-corrected chi connectivity index (χ2v) is 6.14. The van der Waals surface area contributed by atoms with Crippen LogP contribution in [0.2, 0.25) is 0 Å². The molecule has 0 spiro atoms. The van der Waals surface area contributed by atoms with Gasteiger partial charge >= 0.3 is 0 Å². The maximum Gasteiger partial charge on any atom is 0.191 e. The molecule has 0 aliphatic heterocycles. The molecular weight excluding hydrogens is 274 g/mol. The lowest BCUT2D eigenvalue weighted by Gasteiger charge is -2.30. The summed E-state index contributed by atoms with van der Waals surface area (Å²) in [5, 5.41) is 17.1. The number of aliphatic hydroxyl groups is 1. The van der Waals surface area contributed by atoms with Crippen molar-refractivity contribution in [3.8, 4) is 0 Å². The summed E-state index contributed by atoms with van der Waals surface area (Å²) in [6.45, 7) is 4.22. The standard InChI is InChI=1S/C18H29N3O/c1-2-19-17(20-14-11-16-9-5-3-6-10-16)21-15-18(22)12-7-4-8-13-18/h3,5-6,9-10,22H,2,4,7-8,11-15H2,1H3,(H2,19,20,21). The van der Waals surface area contributed by atoms with Gasteiger partial charge in [-0.25, -0.2) is 0 Å². The summed E-state index contributed by atoms with van der Waals surface area (Å²) in [4.78, 5) is 4.58. The van der Waals surface area contributed by atoms with Crippen molar-refractivity contribution < 1.29 is 5.11 Å². The predicted octanol–water partition coefficient (Wildman–Crippen LogP) is 2.48. The van der Waals surface area contributed by atoms with Crippen molar-refractivity contribution in [1.82, 2.24) is 10.6 Å². The molecule has 4 heteroatoms. The molecule has 4 nitrogen and oxygen atoms in total. The summed E-state index contributed by atoms with van der Waals surface area (Å²) in [6.07, 6.45) is 6.19. The van der Waals surface area contributed by atoms with Crippen molar-refractivity contribution in [3.63, 3.8) is 0 Å². The van der Waals surface area contributed by atoms with E-state index in [4.69, 9.17) is 0 Å². The van der Waals surface area contributed by atoms with Crippen LogP contribution >= 0.6 is 0 Å². The van der Waals surface area contributed by atoms with Crippen molar-refractivity contribution in [2.45, 2.75) is 51.0 Å². The van der Waals surface area contributed by atoms with Crippen LogP contribution in [0.15, 0.2) is 35.3 Å². The lowest BCUT2D eigenvalue weighted by molar-refractivity contribution is 0.0131. The third kappa shape index (κ3) is 5.68. The zero-order chi connectivity index (χ0) is 15.7. The molecule has 2 rings (SSSR count). The van der Waals surface area contributed by atoms with E-state index in [0.717, 1.165) is 51.2 Å². The first-order valence-electron chi connectivity index (χ1n) is 8.50. The molecule has 3 N–H and O–H groups in total. The molecule has 1 aliphatic rings. The van der Waals surface area contributed by atoms with Gasteiger partial charge in [-0.1, -0.05) is 49.6 Å². The molecule has 22 heavy (non-hydrogen) atoms. The van der Waals surface area contributed by atoms with Crippen molar-refractivity contribution in [2.24, 2.45) is 4.99 Å². The summed E-state index contributed by atoms with van der Waals surface area (Å²) in [6, 6.07) is 10.4. The fourth-order valence-corrected chi connectivity index (χ4v) is 2.91. The van der Waals surface area contributed by atoms with Crippen LogP contribution in [0.4, 0.5) is 0 Å². The molecule has 0 unspecified atom stereocenters. The van der Waals surface area contributed by atoms with E-state index in [-0.39, 0.29) is 0 Å². The van der Waals surface area contributed by atoms with E-state index in [2.05, 4.69) is 46.8 Å². The minimum absolute atomic E-state index is 0.494. The molecule has 0 saturated heterocycles. The molecule has 0 bridgehead atoms. The number of rotatable bonds is 6. The quantitative estimate of drug-likeness (QED) is 0.559. The molecule has 0 heterocycles. The monoisotopic (exact) mass is 303 g/mol. The number of aliphatic imine (C=N–C) groups is 1. The van der Waals surface area contributed by atoms with E-state index < -0.39 is 5.60 Å². The van der Waals surface area contributed by atoms with Crippen molar-refractivity contribution in [3.05, 3.63) is 35.9 Å². The van der Waals surface area contributed by atoms with Gasteiger partial charge in [0.05, 0.1) is 12.1 Å². The van der Waals surface area contributed by atoms with Gasteiger partial charge in [0.25, 0.3) is 0 Å². The van der Waals surface area contributed by atoms with Gasteiger partial charge in [0.2, 0.25) is 0 Å². The molecule has 1 aliphatic carbocycles. The van der Waals surface area contributed by atoms with E-state index in [1.807, 2.05) is 6.07 Å². The summed E-state index contributed by atoms with van der Waals surface area (Å²) in [5.74, 6) is 0.803. The molecule has 1 saturated carbocycles. The van der Waals surface area contributed by atoms with Gasteiger partial charge in [0, 0.05) is 13.1 Å². The molecule has 0 radical (unpaired) electrons. The van der Waals surface area contributed by atoms with Gasteiger partial charge in [0.1, 0.15) is 0 Å². The Balaban J connectivity index is 1.81. The Morgan fingerprint density at radius 2 is 1.86 bits per heavy atom. The van der Waals surface area contributed by atoms with Gasteiger partial charge < -0.3 is 15.7 Å². The zero-order valence-corrected chi connectivity index (χ0v) is 13.6. The molecule has 1 aromatic carbocycles. The highest BCUT2D eigenvalue weighted by Gasteiger charge is 2.28. The Bertz CT molecular complexity index is 453. The average Bonchev–Trinajstić information content (AvgIpc) is 2.54. The smallest absolute Gasteiger partial charge is 0.191 e. The minimum atomic E-state index is -0.597. The van der Waals surface area contributed by atoms with Gasteiger partial charge in [-0.05, 0) is 31.7 Å². The first-order chi connectivity index (χ1) is 10.7. The van der Waals surface area contributed by atoms with E-state index in [9.17, 15) is 5.11 Å². The predicted molar refractivity (Wildman–Crippen MR) is 92.2 cm³/mol. The SMILES string of the molecule is CCNC(=NCC1(O)CCCCC1)NCCc1ccccc1. The number of guanidine groups is 1. The molecule has 0 amide bonds. The molecule has 0 aromatic heterocycles. The van der Waals surface area contributed by atoms with Gasteiger partial charge in [-0.2, -0.15) is 0 Å². The fourth-order valence-electron chi connectivity index (χ4n) is 2.91. The second kappa shape index (κ2) is 8.79. The lowest BCUT2D eigenvalue weighted by atomic mass is 9.85. The maximum atomic E-state index is 10.5. The number of hydrogen-bond donors (Lipinski definition) is 3. The topological polar surface area (TPSA) is 56.7 Å². The van der Waals surface area contributed by atoms with Crippen LogP contribution in [0.1, 0.15) is 44.6 Å². The summed E-state index contributed by atoms with van der Waals surface area (Å²) < 4.78 is 0. The van der Waals surface area contributed by atoms with E-state index >= 15 is 0 Å². The zero-order valence-electron chi connectivity index (χ0n) is 13.6. The van der Waals surface area contributed by atoms with E-state index in [1.54, 1.807) is 0 Å². The van der Waals surface area contributed by atoms with Crippen LogP contribution in [0.3, 0.4) is 0 Å². The molecule has 122 valence electrons. The van der Waals surface area contributed by atoms with Crippen LogP contribution in [-0.4, -0.2) is 36.3 Å². The van der Waals surface area contributed by atoms with Crippen molar-refractivity contribution >= 4 is 5.96 Å². The highest BCUT2D eigenvalue weighted by atomic mass is 16.3. The van der Waals surface area contributed by atoms with E-state index in [1.165, 1.54) is 12.0 Å². The number of hydrogen-bond acceptors (Lipinski definition) is 2. The largest absolute Gasteiger partial charge is 0.388 e. The maximum absolute atomic E-state index is 10.5. The normalized spacial score (nSPS) is 18.0. The van der Waals surface area contributed by atoms with Crippen LogP contribution in [0.5, 0.6) is 0 Å². The Labute approximate surface area is 134 Å². The van der Waals surface area contributed by atoms with Crippen LogP contribution < -0.4 is 10.6 Å². The van der Waals surface area contributed by atoms with E-state index in [0.29, 0.717) is 6.54 Å². The van der Waals surface area contributed by atoms with Crippen molar-refractivity contribution in [1.29, 1.82) is 0 Å². The Kier molecular flexibility index (Phi) is 6.72. The lowest BCUT2D eigenvalue weighted by Crippen LogP contribution is -2.41. The third-order valence-electron chi connectivity index (χ3n) is 4.21. The molecule has 1 fully saturated rings. The van der Waals surface area contributed by atoms with Gasteiger partial charge in [0.15, 0.2) is 5.96 Å². The van der Waals surface area contributed by atoms with Crippen LogP contribution in [0.25, 0.3) is 0 Å². The first-order valence-corrected chi connectivity index (χ1v) is 8.50. The van der Waals surface area contributed by atoms with Gasteiger partial charge in [-0.15, -0.1) is 0 Å². The number of benzene rings is 1. The second-order valence-electron chi connectivity index (χ2n) is 6.14. The highest BCUT2D eigenvalue weighted by Crippen LogP contribution is 2.28. The molecular formula is C18H29N3O. The van der Waals surface area contributed by atoms with Crippen LogP contribution in [0, 0.1) is 0 Å². The van der Waals surface area contributed by atoms with Gasteiger partial charge in [-0.3, -0.25) is 4.99 Å².